The number of para-hydroxylation sites is 1. The molecule has 0 atom stereocenters. The Morgan fingerprint density at radius 2 is 1.89 bits per heavy atom. The fourth-order valence-corrected chi connectivity index (χ4v) is 2.92. The normalized spacial score (nSPS) is 10.4. The molecule has 0 aliphatic rings. The Hall–Kier alpha value is -3.48. The molecule has 1 N–H and O–H groups in total. The van der Waals surface area contributed by atoms with Crippen molar-refractivity contribution in [2.24, 2.45) is 0 Å². The topological polar surface area (TPSA) is 68.6 Å². The van der Waals surface area contributed by atoms with Crippen LogP contribution in [0.4, 0.5) is 11.5 Å². The van der Waals surface area contributed by atoms with E-state index in [1.54, 1.807) is 37.2 Å². The van der Waals surface area contributed by atoms with Crippen LogP contribution < -0.4 is 19.7 Å². The molecule has 0 saturated carbocycles. The predicted octanol–water partition coefficient (Wildman–Crippen LogP) is 3.27. The average Bonchev–Trinajstić information content (AvgIpc) is 3.14. The fourth-order valence-electron chi connectivity index (χ4n) is 2.92. The first kappa shape index (κ1) is 19.3. The van der Waals surface area contributed by atoms with Gasteiger partial charge in [-0.3, -0.25) is 4.79 Å². The molecule has 0 bridgehead atoms. The van der Waals surface area contributed by atoms with Crippen molar-refractivity contribution in [1.82, 2.24) is 9.78 Å². The monoisotopic (exact) mass is 380 g/mol. The number of carbonyl (C=O) groups excluding carboxylic acids is 1. The average molecular weight is 380 g/mol. The highest BCUT2D eigenvalue weighted by Gasteiger charge is 2.14. The van der Waals surface area contributed by atoms with Gasteiger partial charge in [0.05, 0.1) is 27.0 Å². The number of methoxy groups -OCH3 is 2. The van der Waals surface area contributed by atoms with E-state index in [1.165, 1.54) is 0 Å². The van der Waals surface area contributed by atoms with Gasteiger partial charge in [-0.2, -0.15) is 5.10 Å². The number of aromatic nitrogens is 2. The smallest absolute Gasteiger partial charge is 0.256 e. The highest BCUT2D eigenvalue weighted by atomic mass is 16.5. The van der Waals surface area contributed by atoms with Gasteiger partial charge >= 0.3 is 0 Å². The summed E-state index contributed by atoms with van der Waals surface area (Å²) in [7, 11) is 7.08. The Bertz CT molecular complexity index is 966. The zero-order valence-corrected chi connectivity index (χ0v) is 16.5. The maximum Gasteiger partial charge on any atom is 0.256 e. The second-order valence-electron chi connectivity index (χ2n) is 6.43. The van der Waals surface area contributed by atoms with Crippen LogP contribution in [-0.2, 0) is 6.54 Å². The summed E-state index contributed by atoms with van der Waals surface area (Å²) < 4.78 is 12.5. The Morgan fingerprint density at radius 3 is 2.61 bits per heavy atom. The number of ether oxygens (including phenoxy) is 2. The lowest BCUT2D eigenvalue weighted by atomic mass is 10.1. The number of nitrogens with one attached hydrogen (secondary N) is 1. The molecule has 1 amide bonds. The summed E-state index contributed by atoms with van der Waals surface area (Å²) >= 11 is 0. The summed E-state index contributed by atoms with van der Waals surface area (Å²) in [5.74, 6) is 1.71. The van der Waals surface area contributed by atoms with Gasteiger partial charge in [0.15, 0.2) is 11.5 Å². The minimum Gasteiger partial charge on any atom is -0.493 e. The minimum atomic E-state index is -0.192. The zero-order valence-electron chi connectivity index (χ0n) is 16.5. The van der Waals surface area contributed by atoms with Crippen molar-refractivity contribution in [1.29, 1.82) is 0 Å². The number of nitrogens with zero attached hydrogens (tertiary/aromatic N) is 3. The van der Waals surface area contributed by atoms with Gasteiger partial charge in [-0.1, -0.05) is 18.2 Å². The number of benzene rings is 2. The number of hydrogen-bond donors (Lipinski definition) is 1. The maximum absolute atomic E-state index is 12.7. The van der Waals surface area contributed by atoms with Crippen molar-refractivity contribution >= 4 is 17.4 Å². The molecule has 3 aromatic rings. The number of hydrogen-bond acceptors (Lipinski definition) is 5. The lowest BCUT2D eigenvalue weighted by Crippen LogP contribution is -2.17. The maximum atomic E-state index is 12.7. The third kappa shape index (κ3) is 4.09. The van der Waals surface area contributed by atoms with E-state index < -0.39 is 0 Å². The molecule has 0 aliphatic carbocycles. The SMILES string of the molecule is COc1cccc(Cn2nccc2NC(=O)c2cccc(N(C)C)c2)c1OC. The number of rotatable bonds is 7. The lowest BCUT2D eigenvalue weighted by Gasteiger charge is -2.15. The molecule has 2 aromatic carbocycles. The number of carbonyl (C=O) groups is 1. The molecule has 0 radical (unpaired) electrons. The molecule has 146 valence electrons. The summed E-state index contributed by atoms with van der Waals surface area (Å²) in [4.78, 5) is 14.7. The predicted molar refractivity (Wildman–Crippen MR) is 110 cm³/mol. The van der Waals surface area contributed by atoms with Gasteiger partial charge in [0.2, 0.25) is 0 Å². The van der Waals surface area contributed by atoms with E-state index in [4.69, 9.17) is 9.47 Å². The van der Waals surface area contributed by atoms with Crippen LogP contribution in [0.3, 0.4) is 0 Å². The molecule has 0 saturated heterocycles. The Labute approximate surface area is 164 Å². The second-order valence-corrected chi connectivity index (χ2v) is 6.43. The van der Waals surface area contributed by atoms with E-state index in [0.29, 0.717) is 29.4 Å². The van der Waals surface area contributed by atoms with Gasteiger partial charge in [-0.15, -0.1) is 0 Å². The van der Waals surface area contributed by atoms with E-state index in [-0.39, 0.29) is 5.91 Å². The quantitative estimate of drug-likeness (QED) is 0.681. The Kier molecular flexibility index (Phi) is 5.84. The van der Waals surface area contributed by atoms with Crippen LogP contribution in [0, 0.1) is 0 Å². The van der Waals surface area contributed by atoms with Crippen LogP contribution in [0.15, 0.2) is 54.7 Å². The number of anilines is 2. The van der Waals surface area contributed by atoms with Gasteiger partial charge in [0.1, 0.15) is 5.82 Å². The third-order valence-electron chi connectivity index (χ3n) is 4.39. The molecule has 0 spiro atoms. The van der Waals surface area contributed by atoms with Crippen molar-refractivity contribution < 1.29 is 14.3 Å². The number of amides is 1. The lowest BCUT2D eigenvalue weighted by molar-refractivity contribution is 0.102. The van der Waals surface area contributed by atoms with Crippen LogP contribution in [-0.4, -0.2) is 44.0 Å². The van der Waals surface area contributed by atoms with E-state index in [9.17, 15) is 4.79 Å². The molecule has 1 aromatic heterocycles. The van der Waals surface area contributed by atoms with Crippen molar-refractivity contribution in [3.63, 3.8) is 0 Å². The molecule has 7 heteroatoms. The van der Waals surface area contributed by atoms with Crippen LogP contribution in [0.2, 0.25) is 0 Å². The highest BCUT2D eigenvalue weighted by Crippen LogP contribution is 2.31. The fraction of sp³-hybridized carbons (Fsp3) is 0.238. The van der Waals surface area contributed by atoms with E-state index >= 15 is 0 Å². The van der Waals surface area contributed by atoms with Crippen molar-refractivity contribution in [2.45, 2.75) is 6.54 Å². The molecular formula is C21H24N4O3. The van der Waals surface area contributed by atoms with E-state index in [1.807, 2.05) is 55.4 Å². The molecule has 3 rings (SSSR count). The standard InChI is InChI=1S/C21H24N4O3/c1-24(2)17-9-5-7-15(13-17)21(26)23-19-11-12-22-25(19)14-16-8-6-10-18(27-3)20(16)28-4/h5-13H,14H2,1-4H3,(H,23,26). The van der Waals surface area contributed by atoms with Crippen molar-refractivity contribution in [3.05, 3.63) is 65.9 Å². The summed E-state index contributed by atoms with van der Waals surface area (Å²) in [6, 6.07) is 14.9. The molecular weight excluding hydrogens is 356 g/mol. The highest BCUT2D eigenvalue weighted by molar-refractivity contribution is 6.04. The summed E-state index contributed by atoms with van der Waals surface area (Å²) in [6.45, 7) is 0.431. The van der Waals surface area contributed by atoms with Crippen LogP contribution in [0.5, 0.6) is 11.5 Å². The molecule has 7 nitrogen and oxygen atoms in total. The largest absolute Gasteiger partial charge is 0.493 e. The van der Waals surface area contributed by atoms with Crippen LogP contribution in [0.1, 0.15) is 15.9 Å². The van der Waals surface area contributed by atoms with Gasteiger partial charge in [-0.25, -0.2) is 4.68 Å². The first-order valence-corrected chi connectivity index (χ1v) is 8.84. The zero-order chi connectivity index (χ0) is 20.1. The Morgan fingerprint density at radius 1 is 1.11 bits per heavy atom. The van der Waals surface area contributed by atoms with Crippen molar-refractivity contribution in [2.75, 3.05) is 38.5 Å². The summed E-state index contributed by atoms with van der Waals surface area (Å²) in [6.07, 6.45) is 1.65. The molecule has 28 heavy (non-hydrogen) atoms. The molecule has 0 unspecified atom stereocenters. The van der Waals surface area contributed by atoms with Crippen LogP contribution in [0.25, 0.3) is 0 Å². The van der Waals surface area contributed by atoms with Crippen molar-refractivity contribution in [3.8, 4) is 11.5 Å². The van der Waals surface area contributed by atoms with Crippen LogP contribution >= 0.6 is 0 Å². The Balaban J connectivity index is 1.81. The van der Waals surface area contributed by atoms with E-state index in [2.05, 4.69) is 10.4 Å². The van der Waals surface area contributed by atoms with Gasteiger partial charge in [0.25, 0.3) is 5.91 Å². The summed E-state index contributed by atoms with van der Waals surface area (Å²) in [5, 5.41) is 7.26. The van der Waals surface area contributed by atoms with E-state index in [0.717, 1.165) is 11.3 Å². The van der Waals surface area contributed by atoms with Gasteiger partial charge in [-0.05, 0) is 24.3 Å². The second kappa shape index (κ2) is 8.47. The molecule has 1 heterocycles. The third-order valence-corrected chi connectivity index (χ3v) is 4.39. The first-order valence-electron chi connectivity index (χ1n) is 8.84. The summed E-state index contributed by atoms with van der Waals surface area (Å²) in [5.41, 5.74) is 2.44. The van der Waals surface area contributed by atoms with Gasteiger partial charge < -0.3 is 19.7 Å². The molecule has 0 aliphatic heterocycles. The molecule has 0 fully saturated rings. The first-order chi connectivity index (χ1) is 13.5. The van der Waals surface area contributed by atoms with Gasteiger partial charge in [0, 0.05) is 37.0 Å². The minimum absolute atomic E-state index is 0.192.